The SMILES string of the molecule is CC(C)CNS(=O)(=O)O[B]Oc1ccccc1. The molecular weight excluding hydrogens is 241 g/mol. The van der Waals surface area contributed by atoms with E-state index in [9.17, 15) is 8.42 Å². The van der Waals surface area contributed by atoms with E-state index in [0.717, 1.165) is 7.69 Å². The third-order valence-corrected chi connectivity index (χ3v) is 2.61. The molecule has 0 aliphatic heterocycles. The van der Waals surface area contributed by atoms with Crippen molar-refractivity contribution < 1.29 is 17.2 Å². The maximum absolute atomic E-state index is 11.3. The third kappa shape index (κ3) is 6.30. The highest BCUT2D eigenvalue weighted by Gasteiger charge is 2.13. The normalized spacial score (nSPS) is 11.5. The second-order valence-corrected chi connectivity index (χ2v) is 5.21. The largest absolute Gasteiger partial charge is 0.589 e. The van der Waals surface area contributed by atoms with Gasteiger partial charge in [0.15, 0.2) is 0 Å². The number of hydrogen-bond donors (Lipinski definition) is 1. The minimum Gasteiger partial charge on any atom is -0.537 e. The van der Waals surface area contributed by atoms with Crippen LogP contribution >= 0.6 is 0 Å². The van der Waals surface area contributed by atoms with Gasteiger partial charge in [-0.1, -0.05) is 32.0 Å². The van der Waals surface area contributed by atoms with Crippen LogP contribution in [0.25, 0.3) is 0 Å². The van der Waals surface area contributed by atoms with Crippen LogP contribution in [0, 0.1) is 5.92 Å². The van der Waals surface area contributed by atoms with Gasteiger partial charge >= 0.3 is 18.0 Å². The summed E-state index contributed by atoms with van der Waals surface area (Å²) >= 11 is 0. The summed E-state index contributed by atoms with van der Waals surface area (Å²) in [6, 6.07) is 8.75. The summed E-state index contributed by atoms with van der Waals surface area (Å²) in [7, 11) is -2.99. The van der Waals surface area contributed by atoms with E-state index in [4.69, 9.17) is 4.65 Å². The predicted octanol–water partition coefficient (Wildman–Crippen LogP) is 1.11. The lowest BCUT2D eigenvalue weighted by molar-refractivity contribution is 0.426. The number of hydrogen-bond acceptors (Lipinski definition) is 4. The van der Waals surface area contributed by atoms with Gasteiger partial charge in [-0.05, 0) is 18.1 Å². The van der Waals surface area contributed by atoms with Crippen molar-refractivity contribution >= 4 is 18.0 Å². The summed E-state index contributed by atoms with van der Waals surface area (Å²) in [6.07, 6.45) is 0. The van der Waals surface area contributed by atoms with Crippen LogP contribution in [-0.4, -0.2) is 22.6 Å². The molecule has 0 aromatic heterocycles. The van der Waals surface area contributed by atoms with E-state index in [0.29, 0.717) is 12.3 Å². The van der Waals surface area contributed by atoms with Crippen LogP contribution in [0.3, 0.4) is 0 Å². The average molecular weight is 256 g/mol. The highest BCUT2D eigenvalue weighted by molar-refractivity contribution is 7.85. The van der Waals surface area contributed by atoms with Crippen molar-refractivity contribution in [2.75, 3.05) is 6.54 Å². The molecule has 0 fully saturated rings. The predicted molar refractivity (Wildman–Crippen MR) is 65.7 cm³/mol. The minimum absolute atomic E-state index is 0.211. The van der Waals surface area contributed by atoms with Crippen molar-refractivity contribution in [1.82, 2.24) is 4.72 Å². The fourth-order valence-corrected chi connectivity index (χ4v) is 1.68. The topological polar surface area (TPSA) is 64.6 Å². The van der Waals surface area contributed by atoms with Crippen molar-refractivity contribution in [2.24, 2.45) is 5.92 Å². The van der Waals surface area contributed by atoms with Gasteiger partial charge in [0, 0.05) is 6.54 Å². The molecule has 0 heterocycles. The molecule has 0 saturated heterocycles. The number of benzene rings is 1. The zero-order chi connectivity index (χ0) is 12.7. The van der Waals surface area contributed by atoms with Gasteiger partial charge in [-0.2, -0.15) is 13.1 Å². The second kappa shape index (κ2) is 6.63. The first kappa shape index (κ1) is 14.0. The van der Waals surface area contributed by atoms with Crippen LogP contribution in [0.4, 0.5) is 0 Å². The lowest BCUT2D eigenvalue weighted by Crippen LogP contribution is -2.31. The standard InChI is InChI=1S/C10H15BNO4S/c1-9(2)8-12-17(13,14)16-11-15-10-6-4-3-5-7-10/h3-7,9,12H,8H2,1-2H3. The van der Waals surface area contributed by atoms with Gasteiger partial charge in [-0.15, -0.1) is 0 Å². The first-order valence-corrected chi connectivity index (χ1v) is 6.62. The number of para-hydroxylation sites is 1. The molecule has 5 nitrogen and oxygen atoms in total. The van der Waals surface area contributed by atoms with Gasteiger partial charge in [0.2, 0.25) is 0 Å². The number of nitrogens with one attached hydrogen (secondary N) is 1. The van der Waals surface area contributed by atoms with E-state index in [2.05, 4.69) is 8.82 Å². The molecule has 0 spiro atoms. The summed E-state index contributed by atoms with van der Waals surface area (Å²) in [4.78, 5) is 0. The average Bonchev–Trinajstić information content (AvgIpc) is 2.28. The van der Waals surface area contributed by atoms with Gasteiger partial charge in [-0.3, -0.25) is 4.10 Å². The Kier molecular flexibility index (Phi) is 5.47. The lowest BCUT2D eigenvalue weighted by atomic mass is 10.2. The molecule has 1 aromatic rings. The summed E-state index contributed by atoms with van der Waals surface area (Å²) in [6.45, 7) is 4.11. The highest BCUT2D eigenvalue weighted by atomic mass is 32.2. The molecule has 1 aromatic carbocycles. The maximum atomic E-state index is 11.3. The van der Waals surface area contributed by atoms with Gasteiger partial charge in [0.05, 0.1) is 5.75 Å². The second-order valence-electron chi connectivity index (χ2n) is 3.82. The molecule has 7 heteroatoms. The van der Waals surface area contributed by atoms with E-state index in [-0.39, 0.29) is 5.92 Å². The van der Waals surface area contributed by atoms with Crippen molar-refractivity contribution in [3.63, 3.8) is 0 Å². The Hall–Kier alpha value is -1.05. The fraction of sp³-hybridized carbons (Fsp3) is 0.400. The van der Waals surface area contributed by atoms with E-state index < -0.39 is 10.3 Å². The molecule has 0 amide bonds. The lowest BCUT2D eigenvalue weighted by Gasteiger charge is -2.08. The van der Waals surface area contributed by atoms with E-state index in [1.807, 2.05) is 19.9 Å². The van der Waals surface area contributed by atoms with Crippen LogP contribution in [0.2, 0.25) is 0 Å². The Bertz CT molecular complexity index is 421. The summed E-state index contributed by atoms with van der Waals surface area (Å²) in [5.74, 6) is 0.718. The molecule has 1 radical (unpaired) electrons. The van der Waals surface area contributed by atoms with Crippen LogP contribution in [0.1, 0.15) is 13.8 Å². The monoisotopic (exact) mass is 256 g/mol. The molecule has 0 aliphatic rings. The Morgan fingerprint density at radius 2 is 1.94 bits per heavy atom. The summed E-state index contributed by atoms with van der Waals surface area (Å²) < 4.78 is 34.3. The van der Waals surface area contributed by atoms with Crippen molar-refractivity contribution in [3.05, 3.63) is 30.3 Å². The van der Waals surface area contributed by atoms with Gasteiger partial charge in [-0.25, -0.2) is 0 Å². The summed E-state index contributed by atoms with van der Waals surface area (Å²) in [5.41, 5.74) is 0. The van der Waals surface area contributed by atoms with Crippen LogP contribution < -0.4 is 9.38 Å². The Morgan fingerprint density at radius 3 is 2.53 bits per heavy atom. The first-order valence-electron chi connectivity index (χ1n) is 5.21. The fourth-order valence-electron chi connectivity index (χ4n) is 0.929. The molecule has 0 atom stereocenters. The smallest absolute Gasteiger partial charge is 0.537 e. The van der Waals surface area contributed by atoms with E-state index in [1.165, 1.54) is 0 Å². The van der Waals surface area contributed by atoms with Crippen LogP contribution in [0.15, 0.2) is 30.3 Å². The van der Waals surface area contributed by atoms with Gasteiger partial charge in [0.25, 0.3) is 0 Å². The zero-order valence-corrected chi connectivity index (χ0v) is 10.6. The molecule has 0 saturated carbocycles. The molecular formula is C10H15BNO4S. The number of rotatable bonds is 7. The quantitative estimate of drug-likeness (QED) is 0.742. The Labute approximate surface area is 103 Å². The first-order chi connectivity index (χ1) is 7.99. The van der Waals surface area contributed by atoms with Gasteiger partial charge in [0.1, 0.15) is 0 Å². The third-order valence-electron chi connectivity index (χ3n) is 1.76. The highest BCUT2D eigenvalue weighted by Crippen LogP contribution is 2.07. The van der Waals surface area contributed by atoms with Crippen molar-refractivity contribution in [3.8, 4) is 5.75 Å². The molecule has 0 aliphatic carbocycles. The molecule has 93 valence electrons. The van der Waals surface area contributed by atoms with Crippen molar-refractivity contribution in [1.29, 1.82) is 0 Å². The minimum atomic E-state index is -3.78. The zero-order valence-electron chi connectivity index (χ0n) is 9.79. The molecule has 1 N–H and O–H groups in total. The Balaban J connectivity index is 2.31. The molecule has 1 rings (SSSR count). The van der Waals surface area contributed by atoms with E-state index in [1.54, 1.807) is 24.3 Å². The van der Waals surface area contributed by atoms with Gasteiger partial charge < -0.3 is 4.65 Å². The summed E-state index contributed by atoms with van der Waals surface area (Å²) in [5, 5.41) is 0. The maximum Gasteiger partial charge on any atom is 0.589 e. The Morgan fingerprint density at radius 1 is 1.29 bits per heavy atom. The van der Waals surface area contributed by atoms with Crippen LogP contribution in [-0.2, 0) is 14.4 Å². The van der Waals surface area contributed by atoms with Crippen LogP contribution in [0.5, 0.6) is 5.75 Å². The molecule has 0 unspecified atom stereocenters. The van der Waals surface area contributed by atoms with Crippen molar-refractivity contribution in [2.45, 2.75) is 13.8 Å². The van der Waals surface area contributed by atoms with E-state index >= 15 is 0 Å². The molecule has 0 bridgehead atoms. The molecule has 17 heavy (non-hydrogen) atoms.